The Morgan fingerprint density at radius 1 is 1.04 bits per heavy atom. The van der Waals surface area contributed by atoms with E-state index in [4.69, 9.17) is 4.74 Å². The lowest BCUT2D eigenvalue weighted by Gasteiger charge is -2.07. The molecule has 5 heteroatoms. The number of hydrogen-bond donors (Lipinski definition) is 2. The maximum absolute atomic E-state index is 12.3. The van der Waals surface area contributed by atoms with Crippen molar-refractivity contribution in [3.8, 4) is 5.75 Å². The predicted molar refractivity (Wildman–Crippen MR) is 112 cm³/mol. The number of amides is 1. The second-order valence-electron chi connectivity index (χ2n) is 6.85. The van der Waals surface area contributed by atoms with E-state index in [1.54, 1.807) is 13.2 Å². The molecule has 1 aromatic heterocycles. The molecule has 3 rings (SSSR count). The lowest BCUT2D eigenvalue weighted by molar-refractivity contribution is -0.121. The number of methoxy groups -OCH3 is 1. The monoisotopic (exact) mass is 378 g/mol. The molecule has 28 heavy (non-hydrogen) atoms. The van der Waals surface area contributed by atoms with Crippen molar-refractivity contribution in [1.29, 1.82) is 0 Å². The smallest absolute Gasteiger partial charge is 0.251 e. The van der Waals surface area contributed by atoms with Gasteiger partial charge in [0.2, 0.25) is 5.91 Å². The van der Waals surface area contributed by atoms with E-state index in [2.05, 4.69) is 41.5 Å². The number of aromatic nitrogens is 1. The van der Waals surface area contributed by atoms with Crippen LogP contribution in [0.4, 0.5) is 0 Å². The van der Waals surface area contributed by atoms with E-state index in [0.29, 0.717) is 37.1 Å². The van der Waals surface area contributed by atoms with Gasteiger partial charge in [0.15, 0.2) is 0 Å². The molecule has 0 saturated heterocycles. The van der Waals surface area contributed by atoms with Crippen LogP contribution in [0.25, 0.3) is 10.9 Å². The Bertz CT molecular complexity index is 1010. The summed E-state index contributed by atoms with van der Waals surface area (Å²) in [7, 11) is 1.59. The molecule has 0 aliphatic carbocycles. The summed E-state index contributed by atoms with van der Waals surface area (Å²) in [6, 6.07) is 15.8. The molecule has 3 aromatic rings. The number of fused-ring (bicyclic) bond motifs is 1. The zero-order valence-corrected chi connectivity index (χ0v) is 16.4. The Morgan fingerprint density at radius 2 is 1.79 bits per heavy atom. The number of benzene rings is 2. The van der Waals surface area contributed by atoms with Crippen LogP contribution in [-0.4, -0.2) is 24.5 Å². The Morgan fingerprint density at radius 3 is 2.50 bits per heavy atom. The highest BCUT2D eigenvalue weighted by atomic mass is 16.5. The number of nitrogens with one attached hydrogen (secondary N) is 2. The molecular weight excluding hydrogens is 352 g/mol. The minimum atomic E-state index is -0.133. The van der Waals surface area contributed by atoms with Crippen molar-refractivity contribution in [1.82, 2.24) is 10.3 Å². The van der Waals surface area contributed by atoms with E-state index < -0.39 is 0 Å². The summed E-state index contributed by atoms with van der Waals surface area (Å²) in [6.07, 6.45) is 2.67. The fourth-order valence-corrected chi connectivity index (χ4v) is 3.16. The number of rotatable bonds is 8. The lowest BCUT2D eigenvalue weighted by Crippen LogP contribution is -2.27. The standard InChI is InChI=1S/C23H26N2O3/c1-3-16-4-6-17(7-5-16)8-11-22(26)24-13-12-19-14-18-9-10-20(28-2)15-21(18)25-23(19)27/h4-7,9-10,14-15H,3,8,11-13H2,1-2H3,(H,24,26)(H,25,27). The fraction of sp³-hybridized carbons (Fsp3) is 0.304. The molecule has 1 heterocycles. The highest BCUT2D eigenvalue weighted by molar-refractivity contribution is 5.80. The van der Waals surface area contributed by atoms with Gasteiger partial charge in [-0.15, -0.1) is 0 Å². The van der Waals surface area contributed by atoms with Gasteiger partial charge in [-0.2, -0.15) is 0 Å². The van der Waals surface area contributed by atoms with Crippen LogP contribution in [0.15, 0.2) is 53.3 Å². The van der Waals surface area contributed by atoms with Gasteiger partial charge in [-0.05, 0) is 54.0 Å². The molecule has 0 radical (unpaired) electrons. The number of aromatic amines is 1. The summed E-state index contributed by atoms with van der Waals surface area (Å²) < 4.78 is 5.18. The highest BCUT2D eigenvalue weighted by Crippen LogP contribution is 2.18. The summed E-state index contributed by atoms with van der Waals surface area (Å²) in [4.78, 5) is 27.2. The maximum atomic E-state index is 12.3. The van der Waals surface area contributed by atoms with Crippen LogP contribution >= 0.6 is 0 Å². The van der Waals surface area contributed by atoms with Crippen LogP contribution in [0.5, 0.6) is 5.75 Å². The fourth-order valence-electron chi connectivity index (χ4n) is 3.16. The molecule has 0 aliphatic rings. The van der Waals surface area contributed by atoms with Crippen LogP contribution in [-0.2, 0) is 24.1 Å². The maximum Gasteiger partial charge on any atom is 0.251 e. The van der Waals surface area contributed by atoms with Crippen molar-refractivity contribution in [2.75, 3.05) is 13.7 Å². The SMILES string of the molecule is CCc1ccc(CCC(=O)NCCc2cc3ccc(OC)cc3[nH]c2=O)cc1. The lowest BCUT2D eigenvalue weighted by atomic mass is 10.1. The van der Waals surface area contributed by atoms with Gasteiger partial charge in [0.1, 0.15) is 5.75 Å². The Balaban J connectivity index is 1.51. The molecule has 0 atom stereocenters. The summed E-state index contributed by atoms with van der Waals surface area (Å²) in [5.41, 5.74) is 3.73. The minimum Gasteiger partial charge on any atom is -0.497 e. The van der Waals surface area contributed by atoms with Crippen molar-refractivity contribution in [3.63, 3.8) is 0 Å². The Kier molecular flexibility index (Phi) is 6.48. The van der Waals surface area contributed by atoms with Gasteiger partial charge < -0.3 is 15.0 Å². The molecule has 0 spiro atoms. The van der Waals surface area contributed by atoms with Crippen LogP contribution in [0.2, 0.25) is 0 Å². The molecule has 146 valence electrons. The van der Waals surface area contributed by atoms with E-state index in [1.165, 1.54) is 5.56 Å². The zero-order chi connectivity index (χ0) is 19.9. The highest BCUT2D eigenvalue weighted by Gasteiger charge is 2.06. The van der Waals surface area contributed by atoms with E-state index in [9.17, 15) is 9.59 Å². The first-order chi connectivity index (χ1) is 13.6. The van der Waals surface area contributed by atoms with Crippen LogP contribution in [0, 0.1) is 0 Å². The van der Waals surface area contributed by atoms with Gasteiger partial charge in [-0.3, -0.25) is 9.59 Å². The van der Waals surface area contributed by atoms with E-state index in [1.807, 2.05) is 18.2 Å². The molecule has 0 saturated carbocycles. The molecule has 0 aliphatic heterocycles. The average Bonchev–Trinajstić information content (AvgIpc) is 2.72. The van der Waals surface area contributed by atoms with Gasteiger partial charge in [-0.25, -0.2) is 0 Å². The second-order valence-corrected chi connectivity index (χ2v) is 6.85. The van der Waals surface area contributed by atoms with Crippen LogP contribution in [0.3, 0.4) is 0 Å². The first kappa shape index (κ1) is 19.7. The molecule has 2 N–H and O–H groups in total. The molecule has 0 fully saturated rings. The van der Waals surface area contributed by atoms with Gasteiger partial charge in [0.05, 0.1) is 12.6 Å². The Labute approximate surface area is 164 Å². The van der Waals surface area contributed by atoms with Crippen molar-refractivity contribution in [2.24, 2.45) is 0 Å². The van der Waals surface area contributed by atoms with E-state index in [0.717, 1.165) is 22.9 Å². The molecule has 2 aromatic carbocycles. The zero-order valence-electron chi connectivity index (χ0n) is 16.4. The molecule has 0 bridgehead atoms. The number of hydrogen-bond acceptors (Lipinski definition) is 3. The summed E-state index contributed by atoms with van der Waals surface area (Å²) in [6.45, 7) is 2.57. The number of carbonyl (C=O) groups excluding carboxylic acids is 1. The van der Waals surface area contributed by atoms with E-state index in [-0.39, 0.29) is 11.5 Å². The first-order valence-corrected chi connectivity index (χ1v) is 9.63. The number of H-pyrrole nitrogens is 1. The topological polar surface area (TPSA) is 71.2 Å². The second kappa shape index (κ2) is 9.22. The van der Waals surface area contributed by atoms with Crippen molar-refractivity contribution in [3.05, 3.63) is 75.6 Å². The van der Waals surface area contributed by atoms with Gasteiger partial charge in [0.25, 0.3) is 5.56 Å². The average molecular weight is 378 g/mol. The summed E-state index contributed by atoms with van der Waals surface area (Å²) in [5, 5.41) is 3.85. The normalized spacial score (nSPS) is 10.8. The van der Waals surface area contributed by atoms with Crippen molar-refractivity contribution >= 4 is 16.8 Å². The first-order valence-electron chi connectivity index (χ1n) is 9.63. The third kappa shape index (κ3) is 5.00. The van der Waals surface area contributed by atoms with Crippen LogP contribution < -0.4 is 15.6 Å². The van der Waals surface area contributed by atoms with E-state index >= 15 is 0 Å². The quantitative estimate of drug-likeness (QED) is 0.631. The molecule has 5 nitrogen and oxygen atoms in total. The van der Waals surface area contributed by atoms with Gasteiger partial charge >= 0.3 is 0 Å². The molecular formula is C23H26N2O3. The molecule has 1 amide bonds. The third-order valence-electron chi connectivity index (χ3n) is 4.92. The van der Waals surface area contributed by atoms with Gasteiger partial charge in [0, 0.05) is 24.6 Å². The largest absolute Gasteiger partial charge is 0.497 e. The predicted octanol–water partition coefficient (Wildman–Crippen LogP) is 3.39. The summed E-state index contributed by atoms with van der Waals surface area (Å²) in [5.74, 6) is 0.703. The number of aryl methyl sites for hydroxylation is 2. The van der Waals surface area contributed by atoms with Crippen molar-refractivity contribution in [2.45, 2.75) is 32.6 Å². The third-order valence-corrected chi connectivity index (χ3v) is 4.92. The minimum absolute atomic E-state index is 0.00141. The number of carbonyl (C=O) groups is 1. The Hall–Kier alpha value is -3.08. The number of ether oxygens (including phenoxy) is 1. The molecule has 0 unspecified atom stereocenters. The van der Waals surface area contributed by atoms with Crippen molar-refractivity contribution < 1.29 is 9.53 Å². The van der Waals surface area contributed by atoms with Gasteiger partial charge in [-0.1, -0.05) is 31.2 Å². The summed E-state index contributed by atoms with van der Waals surface area (Å²) >= 11 is 0. The van der Waals surface area contributed by atoms with Crippen LogP contribution in [0.1, 0.15) is 30.0 Å². The number of pyridine rings is 1.